The van der Waals surface area contributed by atoms with Gasteiger partial charge in [-0.05, 0) is 54.8 Å². The van der Waals surface area contributed by atoms with Gasteiger partial charge in [-0.15, -0.1) is 0 Å². The minimum atomic E-state index is -0.218. The zero-order valence-corrected chi connectivity index (χ0v) is 13.6. The average molecular weight is 310 g/mol. The van der Waals surface area contributed by atoms with Crippen LogP contribution in [0.3, 0.4) is 0 Å². The summed E-state index contributed by atoms with van der Waals surface area (Å²) in [4.78, 5) is 12.6. The third kappa shape index (κ3) is 3.54. The van der Waals surface area contributed by atoms with Crippen LogP contribution < -0.4 is 15.4 Å². The van der Waals surface area contributed by atoms with Crippen LogP contribution in [0.1, 0.15) is 28.4 Å². The Labute approximate surface area is 136 Å². The number of ether oxygens (including phenoxy) is 1. The number of benzene rings is 2. The second kappa shape index (κ2) is 6.84. The molecule has 0 bridgehead atoms. The molecular formula is C19H22N2O2. The van der Waals surface area contributed by atoms with Crippen LogP contribution in [-0.4, -0.2) is 25.5 Å². The van der Waals surface area contributed by atoms with Crippen LogP contribution in [0.2, 0.25) is 0 Å². The predicted octanol–water partition coefficient (Wildman–Crippen LogP) is 3.02. The van der Waals surface area contributed by atoms with E-state index in [0.717, 1.165) is 35.5 Å². The monoisotopic (exact) mass is 310 g/mol. The van der Waals surface area contributed by atoms with Crippen LogP contribution in [0.4, 0.5) is 5.69 Å². The summed E-state index contributed by atoms with van der Waals surface area (Å²) in [5.74, 6) is 0.970. The van der Waals surface area contributed by atoms with Gasteiger partial charge in [-0.1, -0.05) is 12.1 Å². The molecule has 1 aliphatic rings. The van der Waals surface area contributed by atoms with Gasteiger partial charge in [-0.25, -0.2) is 0 Å². The molecule has 120 valence electrons. The fourth-order valence-electron chi connectivity index (χ4n) is 2.82. The van der Waals surface area contributed by atoms with Gasteiger partial charge in [0.15, 0.2) is 5.78 Å². The molecule has 0 aromatic heterocycles. The number of anilines is 1. The maximum absolute atomic E-state index is 12.6. The molecule has 1 unspecified atom stereocenters. The Morgan fingerprint density at radius 1 is 1.26 bits per heavy atom. The molecule has 0 spiro atoms. The van der Waals surface area contributed by atoms with E-state index >= 15 is 0 Å². The van der Waals surface area contributed by atoms with E-state index in [2.05, 4.69) is 10.6 Å². The molecule has 0 saturated heterocycles. The van der Waals surface area contributed by atoms with Crippen LogP contribution in [-0.2, 0) is 13.0 Å². The van der Waals surface area contributed by atoms with Crippen LogP contribution in [0.25, 0.3) is 0 Å². The van der Waals surface area contributed by atoms with Crippen LogP contribution in [0.5, 0.6) is 5.75 Å². The lowest BCUT2D eigenvalue weighted by atomic mass is 10.0. The molecule has 0 radical (unpaired) electrons. The predicted molar refractivity (Wildman–Crippen MR) is 92.3 cm³/mol. The number of hydrogen-bond donors (Lipinski definition) is 2. The molecule has 2 aromatic rings. The van der Waals surface area contributed by atoms with Crippen molar-refractivity contribution in [1.29, 1.82) is 0 Å². The molecule has 4 heteroatoms. The lowest BCUT2D eigenvalue weighted by Crippen LogP contribution is -2.33. The maximum atomic E-state index is 12.6. The summed E-state index contributed by atoms with van der Waals surface area (Å²) in [5, 5.41) is 6.61. The highest BCUT2D eigenvalue weighted by Crippen LogP contribution is 2.23. The van der Waals surface area contributed by atoms with E-state index in [9.17, 15) is 4.79 Å². The van der Waals surface area contributed by atoms with E-state index in [4.69, 9.17) is 4.74 Å². The molecule has 0 amide bonds. The molecule has 4 nitrogen and oxygen atoms in total. The largest absolute Gasteiger partial charge is 0.497 e. The molecular weight excluding hydrogens is 288 g/mol. The first-order valence-electron chi connectivity index (χ1n) is 7.94. The molecule has 2 aromatic carbocycles. The number of fused-ring (bicyclic) bond motifs is 1. The molecule has 3 rings (SSSR count). The van der Waals surface area contributed by atoms with Gasteiger partial charge in [0.25, 0.3) is 0 Å². The summed E-state index contributed by atoms with van der Waals surface area (Å²) < 4.78 is 5.15. The summed E-state index contributed by atoms with van der Waals surface area (Å²) in [6.45, 7) is 3.53. The van der Waals surface area contributed by atoms with Crippen molar-refractivity contribution in [1.82, 2.24) is 5.32 Å². The number of carbonyl (C=O) groups is 1. The van der Waals surface area contributed by atoms with E-state index < -0.39 is 0 Å². The average Bonchev–Trinajstić information content (AvgIpc) is 3.07. The van der Waals surface area contributed by atoms with Gasteiger partial charge >= 0.3 is 0 Å². The standard InChI is InChI=1S/C19H22N2O2/c1-13(21-12-14-3-6-17(23-2)7-4-14)19(22)16-5-8-18-15(11-16)9-10-20-18/h3-8,11,13,20-21H,9-10,12H2,1-2H3. The molecule has 1 heterocycles. The number of ketones is 1. The molecule has 0 aliphatic carbocycles. The van der Waals surface area contributed by atoms with E-state index in [1.807, 2.05) is 49.4 Å². The van der Waals surface area contributed by atoms with Crippen molar-refractivity contribution in [3.05, 3.63) is 59.2 Å². The molecule has 2 N–H and O–H groups in total. The Hall–Kier alpha value is -2.33. The Morgan fingerprint density at radius 2 is 2.04 bits per heavy atom. The lowest BCUT2D eigenvalue weighted by molar-refractivity contribution is 0.0950. The number of methoxy groups -OCH3 is 1. The highest BCUT2D eigenvalue weighted by Gasteiger charge is 2.17. The van der Waals surface area contributed by atoms with Crippen molar-refractivity contribution in [2.75, 3.05) is 19.0 Å². The highest BCUT2D eigenvalue weighted by molar-refractivity contribution is 6.00. The summed E-state index contributed by atoms with van der Waals surface area (Å²) in [5.41, 5.74) is 4.30. The van der Waals surface area contributed by atoms with Gasteiger partial charge in [0.2, 0.25) is 0 Å². The molecule has 0 fully saturated rings. The normalized spacial score (nSPS) is 14.0. The highest BCUT2D eigenvalue weighted by atomic mass is 16.5. The first-order valence-corrected chi connectivity index (χ1v) is 7.94. The third-order valence-electron chi connectivity index (χ3n) is 4.26. The molecule has 23 heavy (non-hydrogen) atoms. The zero-order chi connectivity index (χ0) is 16.2. The van der Waals surface area contributed by atoms with Crippen LogP contribution >= 0.6 is 0 Å². The fourth-order valence-corrected chi connectivity index (χ4v) is 2.82. The van der Waals surface area contributed by atoms with Crippen molar-refractivity contribution < 1.29 is 9.53 Å². The topological polar surface area (TPSA) is 50.4 Å². The summed E-state index contributed by atoms with van der Waals surface area (Å²) in [6, 6.07) is 13.6. The van der Waals surface area contributed by atoms with Crippen LogP contribution in [0, 0.1) is 0 Å². The first kappa shape index (κ1) is 15.6. The zero-order valence-electron chi connectivity index (χ0n) is 13.6. The summed E-state index contributed by atoms with van der Waals surface area (Å²) >= 11 is 0. The van der Waals surface area contributed by atoms with E-state index in [1.54, 1.807) is 7.11 Å². The van der Waals surface area contributed by atoms with Crippen molar-refractivity contribution in [3.8, 4) is 5.75 Å². The van der Waals surface area contributed by atoms with E-state index in [0.29, 0.717) is 6.54 Å². The minimum Gasteiger partial charge on any atom is -0.497 e. The second-order valence-electron chi connectivity index (χ2n) is 5.86. The second-order valence-corrected chi connectivity index (χ2v) is 5.86. The quantitative estimate of drug-likeness (QED) is 0.805. The minimum absolute atomic E-state index is 0.133. The van der Waals surface area contributed by atoms with Crippen molar-refractivity contribution in [2.45, 2.75) is 25.9 Å². The van der Waals surface area contributed by atoms with Crippen molar-refractivity contribution in [2.24, 2.45) is 0 Å². The molecule has 1 atom stereocenters. The number of rotatable bonds is 6. The van der Waals surface area contributed by atoms with E-state index in [1.165, 1.54) is 5.56 Å². The lowest BCUT2D eigenvalue weighted by Gasteiger charge is -2.14. The molecule has 0 saturated carbocycles. The first-order chi connectivity index (χ1) is 11.2. The SMILES string of the molecule is COc1ccc(CNC(C)C(=O)c2ccc3c(c2)CCN3)cc1. The molecule has 1 aliphatic heterocycles. The Kier molecular flexibility index (Phi) is 4.63. The van der Waals surface area contributed by atoms with Gasteiger partial charge in [0.05, 0.1) is 13.2 Å². The maximum Gasteiger partial charge on any atom is 0.179 e. The third-order valence-corrected chi connectivity index (χ3v) is 4.26. The summed E-state index contributed by atoms with van der Waals surface area (Å²) in [7, 11) is 1.65. The van der Waals surface area contributed by atoms with E-state index in [-0.39, 0.29) is 11.8 Å². The number of nitrogens with one attached hydrogen (secondary N) is 2. The Bertz CT molecular complexity index is 695. The summed E-state index contributed by atoms with van der Waals surface area (Å²) in [6.07, 6.45) is 0.990. The number of Topliss-reactive ketones (excluding diaryl/α,β-unsaturated/α-hetero) is 1. The Morgan fingerprint density at radius 3 is 2.78 bits per heavy atom. The van der Waals surface area contributed by atoms with Crippen molar-refractivity contribution >= 4 is 11.5 Å². The fraction of sp³-hybridized carbons (Fsp3) is 0.316. The smallest absolute Gasteiger partial charge is 0.179 e. The van der Waals surface area contributed by atoms with Gasteiger partial charge in [0.1, 0.15) is 5.75 Å². The van der Waals surface area contributed by atoms with Gasteiger partial charge in [0, 0.05) is 24.3 Å². The van der Waals surface area contributed by atoms with Gasteiger partial charge in [-0.2, -0.15) is 0 Å². The van der Waals surface area contributed by atoms with Crippen LogP contribution in [0.15, 0.2) is 42.5 Å². The number of hydrogen-bond acceptors (Lipinski definition) is 4. The van der Waals surface area contributed by atoms with Gasteiger partial charge < -0.3 is 15.4 Å². The van der Waals surface area contributed by atoms with Crippen molar-refractivity contribution in [3.63, 3.8) is 0 Å². The Balaban J connectivity index is 1.60. The van der Waals surface area contributed by atoms with Gasteiger partial charge in [-0.3, -0.25) is 4.79 Å². The number of carbonyl (C=O) groups excluding carboxylic acids is 1.